The van der Waals surface area contributed by atoms with Gasteiger partial charge in [0.2, 0.25) is 5.88 Å². The number of hydrogen-bond acceptors (Lipinski definition) is 5. The summed E-state index contributed by atoms with van der Waals surface area (Å²) in [6, 6.07) is 9.95. The summed E-state index contributed by atoms with van der Waals surface area (Å²) in [7, 11) is 1.50. The van der Waals surface area contributed by atoms with Gasteiger partial charge in [-0.1, -0.05) is 17.7 Å². The molecule has 0 spiro atoms. The molecule has 132 valence electrons. The summed E-state index contributed by atoms with van der Waals surface area (Å²) in [6.07, 6.45) is 0.940. The summed E-state index contributed by atoms with van der Waals surface area (Å²) in [4.78, 5) is 25.1. The first-order valence-electron chi connectivity index (χ1n) is 7.94. The van der Waals surface area contributed by atoms with Crippen molar-refractivity contribution in [3.63, 3.8) is 0 Å². The highest BCUT2D eigenvalue weighted by Gasteiger charge is 2.25. The molecule has 0 atom stereocenters. The number of ether oxygens (including phenoxy) is 2. The number of aromatic nitrogens is 2. The zero-order valence-corrected chi connectivity index (χ0v) is 14.5. The molecule has 0 unspecified atom stereocenters. The molecule has 8 heteroatoms. The number of likely N-dealkylation sites (tertiary alicyclic amines) is 1. The maximum atomic E-state index is 12.2. The summed E-state index contributed by atoms with van der Waals surface area (Å²) in [6.45, 7) is 1.05. The highest BCUT2D eigenvalue weighted by Crippen LogP contribution is 2.22. The van der Waals surface area contributed by atoms with Crippen LogP contribution in [-0.4, -0.2) is 40.0 Å². The van der Waals surface area contributed by atoms with Crippen LogP contribution in [0.5, 0.6) is 11.6 Å². The van der Waals surface area contributed by atoms with Gasteiger partial charge in [-0.15, -0.1) is 5.10 Å². The van der Waals surface area contributed by atoms with E-state index in [1.165, 1.54) is 19.2 Å². The molecular weight excluding hydrogens is 346 g/mol. The smallest absolute Gasteiger partial charge is 0.416 e. The molecule has 1 aromatic heterocycles. The van der Waals surface area contributed by atoms with Gasteiger partial charge in [0.15, 0.2) is 0 Å². The maximum Gasteiger partial charge on any atom is 0.416 e. The molecule has 2 aromatic rings. The lowest BCUT2D eigenvalue weighted by molar-refractivity contribution is 0.0920. The highest BCUT2D eigenvalue weighted by molar-refractivity contribution is 6.30. The lowest BCUT2D eigenvalue weighted by atomic mass is 10.1. The zero-order chi connectivity index (χ0) is 17.8. The van der Waals surface area contributed by atoms with Gasteiger partial charge in [0, 0.05) is 50.1 Å². The van der Waals surface area contributed by atoms with Gasteiger partial charge < -0.3 is 14.4 Å². The van der Waals surface area contributed by atoms with Crippen molar-refractivity contribution in [2.45, 2.75) is 18.9 Å². The predicted molar refractivity (Wildman–Crippen MR) is 92.2 cm³/mol. The second kappa shape index (κ2) is 7.57. The summed E-state index contributed by atoms with van der Waals surface area (Å²) < 4.78 is 12.2. The fraction of sp³-hybridized carbons (Fsp3) is 0.353. The molecule has 3 rings (SSSR count). The molecule has 1 aliphatic rings. The van der Waals surface area contributed by atoms with Gasteiger partial charge in [0.05, 0.1) is 0 Å². The first-order chi connectivity index (χ1) is 12.0. The monoisotopic (exact) mass is 363 g/mol. The van der Waals surface area contributed by atoms with Gasteiger partial charge in [0.25, 0.3) is 5.56 Å². The maximum absolute atomic E-state index is 12.2. The molecule has 0 bridgehead atoms. The first kappa shape index (κ1) is 17.3. The Bertz CT molecular complexity index is 816. The number of halogens is 1. The minimum absolute atomic E-state index is 0.0261. The molecule has 1 aromatic carbocycles. The number of rotatable bonds is 3. The van der Waals surface area contributed by atoms with E-state index in [9.17, 15) is 9.59 Å². The third-order valence-electron chi connectivity index (χ3n) is 3.93. The van der Waals surface area contributed by atoms with Crippen LogP contribution in [0.25, 0.3) is 0 Å². The van der Waals surface area contributed by atoms with Gasteiger partial charge in [-0.05, 0) is 18.2 Å². The number of benzene rings is 1. The molecule has 0 N–H and O–H groups in total. The van der Waals surface area contributed by atoms with Crippen LogP contribution >= 0.6 is 11.6 Å². The van der Waals surface area contributed by atoms with Crippen molar-refractivity contribution >= 4 is 17.7 Å². The molecule has 0 radical (unpaired) electrons. The molecule has 0 aliphatic carbocycles. The number of amides is 1. The Morgan fingerprint density at radius 3 is 2.68 bits per heavy atom. The van der Waals surface area contributed by atoms with Crippen LogP contribution in [0.4, 0.5) is 4.79 Å². The summed E-state index contributed by atoms with van der Waals surface area (Å²) >= 11 is 5.95. The molecule has 1 fully saturated rings. The Kier molecular flexibility index (Phi) is 5.23. The van der Waals surface area contributed by atoms with E-state index < -0.39 is 6.09 Å². The average Bonchev–Trinajstić information content (AvgIpc) is 2.59. The summed E-state index contributed by atoms with van der Waals surface area (Å²) in [5.74, 6) is 0.826. The molecular formula is C17H18ClN3O4. The van der Waals surface area contributed by atoms with Crippen molar-refractivity contribution in [2.75, 3.05) is 13.1 Å². The third-order valence-corrected chi connectivity index (χ3v) is 4.16. The molecule has 2 heterocycles. The van der Waals surface area contributed by atoms with Crippen LogP contribution in [0.15, 0.2) is 41.2 Å². The fourth-order valence-corrected chi connectivity index (χ4v) is 2.76. The topological polar surface area (TPSA) is 73.7 Å². The second-order valence-corrected chi connectivity index (χ2v) is 6.20. The van der Waals surface area contributed by atoms with E-state index in [0.717, 1.165) is 10.4 Å². The van der Waals surface area contributed by atoms with Crippen molar-refractivity contribution in [3.05, 3.63) is 51.8 Å². The number of nitrogens with zero attached hydrogens (tertiary/aromatic N) is 3. The molecule has 0 saturated carbocycles. The molecule has 7 nitrogen and oxygen atoms in total. The fourth-order valence-electron chi connectivity index (χ4n) is 2.58. The number of carbonyl (C=O) groups excluding carboxylic acids is 1. The lowest BCUT2D eigenvalue weighted by Crippen LogP contribution is -2.43. The SMILES string of the molecule is Cn1nc(OC(=O)N2CCC(Oc3cccc(Cl)c3)CC2)ccc1=O. The Morgan fingerprint density at radius 1 is 1.24 bits per heavy atom. The van der Waals surface area contributed by atoms with E-state index in [4.69, 9.17) is 21.1 Å². The third kappa shape index (κ3) is 4.51. The van der Waals surface area contributed by atoms with Crippen LogP contribution in [-0.2, 0) is 7.05 Å². The van der Waals surface area contributed by atoms with Crippen molar-refractivity contribution in [1.29, 1.82) is 0 Å². The van der Waals surface area contributed by atoms with Crippen molar-refractivity contribution in [3.8, 4) is 11.6 Å². The zero-order valence-electron chi connectivity index (χ0n) is 13.7. The Labute approximate surface area is 149 Å². The molecule has 1 aliphatic heterocycles. The molecule has 1 saturated heterocycles. The highest BCUT2D eigenvalue weighted by atomic mass is 35.5. The minimum Gasteiger partial charge on any atom is -0.490 e. The second-order valence-electron chi connectivity index (χ2n) is 5.76. The van der Waals surface area contributed by atoms with E-state index >= 15 is 0 Å². The van der Waals surface area contributed by atoms with Crippen LogP contribution in [0.1, 0.15) is 12.8 Å². The number of carbonyl (C=O) groups is 1. The molecule has 1 amide bonds. The lowest BCUT2D eigenvalue weighted by Gasteiger charge is -2.31. The number of hydrogen-bond donors (Lipinski definition) is 0. The molecule has 25 heavy (non-hydrogen) atoms. The Hall–Kier alpha value is -2.54. The van der Waals surface area contributed by atoms with Gasteiger partial charge in [-0.2, -0.15) is 0 Å². The van der Waals surface area contributed by atoms with Gasteiger partial charge in [0.1, 0.15) is 11.9 Å². The normalized spacial score (nSPS) is 15.0. The van der Waals surface area contributed by atoms with Gasteiger partial charge in [-0.3, -0.25) is 4.79 Å². The van der Waals surface area contributed by atoms with E-state index in [0.29, 0.717) is 31.0 Å². The first-order valence-corrected chi connectivity index (χ1v) is 8.32. The van der Waals surface area contributed by atoms with Crippen LogP contribution in [0.3, 0.4) is 0 Å². The Morgan fingerprint density at radius 2 is 2.00 bits per heavy atom. The van der Waals surface area contributed by atoms with Crippen LogP contribution in [0.2, 0.25) is 5.02 Å². The quantitative estimate of drug-likeness (QED) is 0.837. The average molecular weight is 364 g/mol. The number of piperidine rings is 1. The van der Waals surface area contributed by atoms with Gasteiger partial charge >= 0.3 is 6.09 Å². The van der Waals surface area contributed by atoms with E-state index in [2.05, 4.69) is 5.10 Å². The van der Waals surface area contributed by atoms with Gasteiger partial charge in [-0.25, -0.2) is 9.48 Å². The number of aryl methyl sites for hydroxylation is 1. The van der Waals surface area contributed by atoms with Crippen LogP contribution in [0, 0.1) is 0 Å². The minimum atomic E-state index is -0.479. The predicted octanol–water partition coefficient (Wildman–Crippen LogP) is 2.48. The van der Waals surface area contributed by atoms with Crippen molar-refractivity contribution < 1.29 is 14.3 Å². The van der Waals surface area contributed by atoms with Crippen LogP contribution < -0.4 is 15.0 Å². The van der Waals surface area contributed by atoms with E-state index in [1.807, 2.05) is 12.1 Å². The standard InChI is InChI=1S/C17H18ClN3O4/c1-20-16(22)6-5-15(19-20)25-17(23)21-9-7-13(8-10-21)24-14-4-2-3-12(18)11-14/h2-6,11,13H,7-10H2,1H3. The van der Waals surface area contributed by atoms with Crippen molar-refractivity contribution in [1.82, 2.24) is 14.7 Å². The van der Waals surface area contributed by atoms with Crippen molar-refractivity contribution in [2.24, 2.45) is 7.05 Å². The van der Waals surface area contributed by atoms with E-state index in [-0.39, 0.29) is 17.5 Å². The Balaban J connectivity index is 1.52. The largest absolute Gasteiger partial charge is 0.490 e. The summed E-state index contributed by atoms with van der Waals surface area (Å²) in [5.41, 5.74) is -0.265. The summed E-state index contributed by atoms with van der Waals surface area (Å²) in [5, 5.41) is 4.51. The van der Waals surface area contributed by atoms with E-state index in [1.54, 1.807) is 17.0 Å².